The summed E-state index contributed by atoms with van der Waals surface area (Å²) in [6, 6.07) is 6.13. The second-order valence-electron chi connectivity index (χ2n) is 7.47. The Bertz CT molecular complexity index is 812. The molecule has 2 aliphatic rings. The number of aliphatic hydroxyl groups is 1. The van der Waals surface area contributed by atoms with Crippen LogP contribution < -0.4 is 16.1 Å². The Morgan fingerprint density at radius 2 is 2.07 bits per heavy atom. The van der Waals surface area contributed by atoms with E-state index in [0.29, 0.717) is 24.5 Å². The van der Waals surface area contributed by atoms with E-state index < -0.39 is 7.12 Å². The predicted octanol–water partition coefficient (Wildman–Crippen LogP) is 1.71. The third kappa shape index (κ3) is 4.07. The molecule has 0 unspecified atom stereocenters. The minimum absolute atomic E-state index is 0.286. The molecule has 0 saturated heterocycles. The monoisotopic (exact) mass is 368 g/mol. The van der Waals surface area contributed by atoms with Gasteiger partial charge in [0.15, 0.2) is 0 Å². The van der Waals surface area contributed by atoms with Gasteiger partial charge in [-0.1, -0.05) is 6.07 Å². The standard InChI is InChI=1S/C19H25BN4O3/c1-12-9-21-19(23-16-7-4-14-11-27-20(26)17(14)8-16)24-18(12)22-15-5-2-13(10-25)3-6-15/h4,7-9,13,15,25-26H,2-3,5-6,10-11H2,1H3,(H2,21,22,23,24). The molecule has 1 aliphatic carbocycles. The van der Waals surface area contributed by atoms with E-state index in [-0.39, 0.29) is 6.61 Å². The summed E-state index contributed by atoms with van der Waals surface area (Å²) < 4.78 is 5.23. The Labute approximate surface area is 159 Å². The summed E-state index contributed by atoms with van der Waals surface area (Å²) in [5.74, 6) is 1.79. The van der Waals surface area contributed by atoms with Gasteiger partial charge in [0.25, 0.3) is 0 Å². The van der Waals surface area contributed by atoms with Gasteiger partial charge < -0.3 is 25.4 Å². The van der Waals surface area contributed by atoms with Crippen LogP contribution in [-0.2, 0) is 11.3 Å². The summed E-state index contributed by atoms with van der Waals surface area (Å²) in [5, 5.41) is 25.9. The fourth-order valence-corrected chi connectivity index (χ4v) is 3.75. The molecule has 0 spiro atoms. The average Bonchev–Trinajstić information content (AvgIpc) is 3.05. The SMILES string of the molecule is Cc1cnc(Nc2ccc3c(c2)B(O)OC3)nc1NC1CCC(CO)CC1. The van der Waals surface area contributed by atoms with Gasteiger partial charge in [-0.3, -0.25) is 0 Å². The highest BCUT2D eigenvalue weighted by Gasteiger charge is 2.27. The van der Waals surface area contributed by atoms with Crippen molar-refractivity contribution in [1.82, 2.24) is 9.97 Å². The first kappa shape index (κ1) is 18.2. The number of hydrogen-bond donors (Lipinski definition) is 4. The van der Waals surface area contributed by atoms with Crippen molar-refractivity contribution in [2.75, 3.05) is 17.2 Å². The maximum Gasteiger partial charge on any atom is 0.491 e. The summed E-state index contributed by atoms with van der Waals surface area (Å²) in [6.45, 7) is 2.72. The Hall–Kier alpha value is -2.16. The van der Waals surface area contributed by atoms with Crippen molar-refractivity contribution in [1.29, 1.82) is 0 Å². The van der Waals surface area contributed by atoms with Crippen LogP contribution in [0.1, 0.15) is 36.8 Å². The molecule has 0 radical (unpaired) electrons. The molecule has 2 heterocycles. The number of aryl methyl sites for hydroxylation is 1. The van der Waals surface area contributed by atoms with Crippen molar-refractivity contribution in [3.63, 3.8) is 0 Å². The largest absolute Gasteiger partial charge is 0.491 e. The highest BCUT2D eigenvalue weighted by atomic mass is 16.5. The number of nitrogens with one attached hydrogen (secondary N) is 2. The van der Waals surface area contributed by atoms with Gasteiger partial charge in [-0.25, -0.2) is 4.98 Å². The number of rotatable bonds is 5. The summed E-state index contributed by atoms with van der Waals surface area (Å²) in [4.78, 5) is 9.01. The Morgan fingerprint density at radius 3 is 2.85 bits per heavy atom. The second kappa shape index (κ2) is 7.84. The zero-order valence-electron chi connectivity index (χ0n) is 15.5. The molecule has 0 atom stereocenters. The molecule has 1 aromatic carbocycles. The molecule has 0 bridgehead atoms. The van der Waals surface area contributed by atoms with Gasteiger partial charge >= 0.3 is 7.12 Å². The molecule has 2 aromatic rings. The molecule has 0 amide bonds. The van der Waals surface area contributed by atoms with Crippen molar-refractivity contribution < 1.29 is 14.8 Å². The number of aliphatic hydroxyl groups excluding tert-OH is 1. The topological polar surface area (TPSA) is 99.5 Å². The second-order valence-corrected chi connectivity index (χ2v) is 7.47. The predicted molar refractivity (Wildman–Crippen MR) is 105 cm³/mol. The number of anilines is 3. The molecule has 1 aliphatic heterocycles. The summed E-state index contributed by atoms with van der Waals surface area (Å²) in [6.07, 6.45) is 5.98. The number of nitrogens with zero attached hydrogens (tertiary/aromatic N) is 2. The first-order valence-electron chi connectivity index (χ1n) is 9.53. The quantitative estimate of drug-likeness (QED) is 0.597. The van der Waals surface area contributed by atoms with Crippen LogP contribution in [0.5, 0.6) is 0 Å². The third-order valence-electron chi connectivity index (χ3n) is 5.48. The van der Waals surface area contributed by atoms with Crippen LogP contribution in [0.3, 0.4) is 0 Å². The van der Waals surface area contributed by atoms with Crippen molar-refractivity contribution in [2.24, 2.45) is 5.92 Å². The summed E-state index contributed by atoms with van der Waals surface area (Å²) >= 11 is 0. The van der Waals surface area contributed by atoms with E-state index >= 15 is 0 Å². The van der Waals surface area contributed by atoms with Crippen molar-refractivity contribution in [3.8, 4) is 0 Å². The minimum atomic E-state index is -0.869. The highest BCUT2D eigenvalue weighted by molar-refractivity contribution is 6.61. The first-order chi connectivity index (χ1) is 13.1. The lowest BCUT2D eigenvalue weighted by atomic mass is 9.79. The zero-order chi connectivity index (χ0) is 18.8. The molecule has 8 heteroatoms. The van der Waals surface area contributed by atoms with Gasteiger partial charge in [-0.05, 0) is 61.7 Å². The van der Waals surface area contributed by atoms with Crippen LogP contribution in [0.15, 0.2) is 24.4 Å². The number of fused-ring (bicyclic) bond motifs is 1. The van der Waals surface area contributed by atoms with E-state index in [9.17, 15) is 10.1 Å². The normalized spacial score (nSPS) is 21.8. The third-order valence-corrected chi connectivity index (χ3v) is 5.48. The molecular formula is C19H25BN4O3. The van der Waals surface area contributed by atoms with Crippen LogP contribution in [0.25, 0.3) is 0 Å². The average molecular weight is 368 g/mol. The van der Waals surface area contributed by atoms with Gasteiger partial charge in [0, 0.05) is 30.1 Å². The summed E-state index contributed by atoms with van der Waals surface area (Å²) in [7, 11) is -0.869. The minimum Gasteiger partial charge on any atom is -0.423 e. The van der Waals surface area contributed by atoms with Crippen molar-refractivity contribution >= 4 is 30.0 Å². The van der Waals surface area contributed by atoms with E-state index in [0.717, 1.165) is 53.8 Å². The lowest BCUT2D eigenvalue weighted by Gasteiger charge is -2.28. The lowest BCUT2D eigenvalue weighted by Crippen LogP contribution is -2.28. The highest BCUT2D eigenvalue weighted by Crippen LogP contribution is 2.27. The maximum atomic E-state index is 9.86. The Kier molecular flexibility index (Phi) is 5.29. The number of hydrogen-bond acceptors (Lipinski definition) is 7. The molecular weight excluding hydrogens is 343 g/mol. The molecule has 1 aromatic heterocycles. The van der Waals surface area contributed by atoms with Gasteiger partial charge in [-0.15, -0.1) is 0 Å². The first-order valence-corrected chi connectivity index (χ1v) is 9.53. The van der Waals surface area contributed by atoms with Gasteiger partial charge in [0.2, 0.25) is 5.95 Å². The van der Waals surface area contributed by atoms with E-state index in [1.54, 1.807) is 0 Å². The van der Waals surface area contributed by atoms with Crippen LogP contribution in [0.2, 0.25) is 0 Å². The molecule has 1 saturated carbocycles. The van der Waals surface area contributed by atoms with Crippen LogP contribution in [-0.4, -0.2) is 39.9 Å². The van der Waals surface area contributed by atoms with Crippen molar-refractivity contribution in [3.05, 3.63) is 35.5 Å². The van der Waals surface area contributed by atoms with Gasteiger partial charge in [0.1, 0.15) is 5.82 Å². The molecule has 4 N–H and O–H groups in total. The van der Waals surface area contributed by atoms with E-state index in [2.05, 4.69) is 20.6 Å². The fraction of sp³-hybridized carbons (Fsp3) is 0.474. The van der Waals surface area contributed by atoms with Crippen LogP contribution >= 0.6 is 0 Å². The number of aromatic nitrogens is 2. The molecule has 142 valence electrons. The molecule has 7 nitrogen and oxygen atoms in total. The van der Waals surface area contributed by atoms with Crippen LogP contribution in [0.4, 0.5) is 17.5 Å². The lowest BCUT2D eigenvalue weighted by molar-refractivity contribution is 0.185. The van der Waals surface area contributed by atoms with Gasteiger partial charge in [-0.2, -0.15) is 4.98 Å². The Morgan fingerprint density at radius 1 is 1.26 bits per heavy atom. The number of benzene rings is 1. The fourth-order valence-electron chi connectivity index (χ4n) is 3.75. The smallest absolute Gasteiger partial charge is 0.423 e. The Balaban J connectivity index is 1.45. The van der Waals surface area contributed by atoms with E-state index in [1.165, 1.54) is 0 Å². The maximum absolute atomic E-state index is 9.86. The van der Waals surface area contributed by atoms with E-state index in [4.69, 9.17) is 4.65 Å². The zero-order valence-corrected chi connectivity index (χ0v) is 15.5. The van der Waals surface area contributed by atoms with Gasteiger partial charge in [0.05, 0.1) is 6.61 Å². The van der Waals surface area contributed by atoms with Crippen LogP contribution in [0, 0.1) is 12.8 Å². The molecule has 27 heavy (non-hydrogen) atoms. The molecule has 4 rings (SSSR count). The van der Waals surface area contributed by atoms with Crippen molar-refractivity contribution in [2.45, 2.75) is 45.3 Å². The molecule has 1 fully saturated rings. The van der Waals surface area contributed by atoms with E-state index in [1.807, 2.05) is 31.3 Å². The summed E-state index contributed by atoms with van der Waals surface area (Å²) in [5.41, 5.74) is 3.60.